The molecule has 0 radical (unpaired) electrons. The molecule has 1 aliphatic rings. The number of carbonyl (C=O) groups is 2. The third-order valence-corrected chi connectivity index (χ3v) is 10.7. The fourth-order valence-corrected chi connectivity index (χ4v) is 4.03. The largest absolute Gasteiger partial charge is 0.534 e. The van der Waals surface area contributed by atoms with Crippen LogP contribution >= 0.6 is 0 Å². The van der Waals surface area contributed by atoms with E-state index in [1.807, 2.05) is 33.9 Å². The summed E-state index contributed by atoms with van der Waals surface area (Å²) >= 11 is 0. The number of nitrogens with zero attached hydrogens (tertiary/aromatic N) is 1. The number of hydrogen-bond acceptors (Lipinski definition) is 7. The van der Waals surface area contributed by atoms with Crippen molar-refractivity contribution in [3.63, 3.8) is 0 Å². The molecule has 0 saturated heterocycles. The molecule has 31 heavy (non-hydrogen) atoms. The summed E-state index contributed by atoms with van der Waals surface area (Å²) < 4.78 is 76.6. The smallest absolute Gasteiger partial charge is 0.465 e. The minimum atomic E-state index is -6.07. The molecule has 1 unspecified atom stereocenters. The van der Waals surface area contributed by atoms with Gasteiger partial charge in [-0.05, 0) is 25.1 Å². The molecule has 1 amide bonds. The second kappa shape index (κ2) is 9.36. The Morgan fingerprint density at radius 2 is 1.77 bits per heavy atom. The van der Waals surface area contributed by atoms with Crippen LogP contribution in [0.25, 0.3) is 0 Å². The molecule has 0 fully saturated rings. The van der Waals surface area contributed by atoms with E-state index in [1.54, 1.807) is 0 Å². The van der Waals surface area contributed by atoms with Gasteiger partial charge in [-0.1, -0.05) is 20.8 Å². The zero-order valence-electron chi connectivity index (χ0n) is 18.2. The Labute approximate surface area is 180 Å². The Kier molecular flexibility index (Phi) is 8.22. The topological polar surface area (TPSA) is 119 Å². The first kappa shape index (κ1) is 27.2. The molecule has 0 aromatic heterocycles. The van der Waals surface area contributed by atoms with Gasteiger partial charge in [0.05, 0.1) is 19.3 Å². The van der Waals surface area contributed by atoms with E-state index in [9.17, 15) is 36.3 Å². The van der Waals surface area contributed by atoms with E-state index in [-0.39, 0.29) is 18.3 Å². The minimum Gasteiger partial charge on any atom is -0.465 e. The molecule has 1 heterocycles. The third kappa shape index (κ3) is 6.35. The minimum absolute atomic E-state index is 0.176. The first-order chi connectivity index (χ1) is 13.9. The van der Waals surface area contributed by atoms with Crippen LogP contribution in [-0.4, -0.2) is 70.1 Å². The number of ether oxygens (including phenoxy) is 1. The lowest BCUT2D eigenvalue weighted by Crippen LogP contribution is -2.52. The van der Waals surface area contributed by atoms with E-state index in [2.05, 4.69) is 4.18 Å². The maximum Gasteiger partial charge on any atom is 0.534 e. The SMILES string of the molecule is CCOC(=O)C1=C(OS(=O)(=O)C(F)(F)F)CCN(C(=O)O)C1CO[Si](C)(C)C(C)(C)C. The fourth-order valence-electron chi connectivity index (χ4n) is 2.49. The van der Waals surface area contributed by atoms with Crippen LogP contribution in [0.4, 0.5) is 18.0 Å². The lowest BCUT2D eigenvalue weighted by Gasteiger charge is -2.40. The quantitative estimate of drug-likeness (QED) is 0.249. The monoisotopic (exact) mass is 491 g/mol. The van der Waals surface area contributed by atoms with Crippen molar-refractivity contribution in [1.82, 2.24) is 4.90 Å². The molecular formula is C17H28F3NO8SSi. The van der Waals surface area contributed by atoms with E-state index in [4.69, 9.17) is 9.16 Å². The summed E-state index contributed by atoms with van der Waals surface area (Å²) in [5, 5.41) is 9.25. The molecule has 1 N–H and O–H groups in total. The number of carboxylic acid groups (broad SMARTS) is 1. The van der Waals surface area contributed by atoms with Crippen LogP contribution in [0.2, 0.25) is 18.1 Å². The first-order valence-corrected chi connectivity index (χ1v) is 13.7. The van der Waals surface area contributed by atoms with Crippen LogP contribution in [0.15, 0.2) is 11.3 Å². The number of halogens is 3. The van der Waals surface area contributed by atoms with Crippen LogP contribution in [0.5, 0.6) is 0 Å². The van der Waals surface area contributed by atoms with Gasteiger partial charge in [0.2, 0.25) is 0 Å². The van der Waals surface area contributed by atoms with E-state index in [0.717, 1.165) is 4.90 Å². The molecule has 180 valence electrons. The van der Waals surface area contributed by atoms with Crippen molar-refractivity contribution in [2.24, 2.45) is 0 Å². The van der Waals surface area contributed by atoms with Crippen molar-refractivity contribution in [1.29, 1.82) is 0 Å². The summed E-state index contributed by atoms with van der Waals surface area (Å²) in [4.78, 5) is 25.1. The van der Waals surface area contributed by atoms with Crippen molar-refractivity contribution in [3.8, 4) is 0 Å². The summed E-state index contributed by atoms with van der Waals surface area (Å²) in [6, 6.07) is -1.40. The van der Waals surface area contributed by atoms with Crippen LogP contribution in [-0.2, 0) is 28.3 Å². The van der Waals surface area contributed by atoms with Gasteiger partial charge >= 0.3 is 27.7 Å². The van der Waals surface area contributed by atoms with Gasteiger partial charge in [0, 0.05) is 13.0 Å². The van der Waals surface area contributed by atoms with Gasteiger partial charge in [-0.25, -0.2) is 9.59 Å². The van der Waals surface area contributed by atoms with Gasteiger partial charge in [0.1, 0.15) is 11.3 Å². The van der Waals surface area contributed by atoms with Gasteiger partial charge in [-0.3, -0.25) is 4.90 Å². The van der Waals surface area contributed by atoms with E-state index in [1.165, 1.54) is 6.92 Å². The molecule has 0 aromatic rings. The van der Waals surface area contributed by atoms with Gasteiger partial charge < -0.3 is 18.5 Å². The number of amides is 1. The zero-order valence-corrected chi connectivity index (χ0v) is 20.0. The molecule has 0 spiro atoms. The number of alkyl halides is 3. The maximum absolute atomic E-state index is 12.8. The third-order valence-electron chi connectivity index (χ3n) is 5.23. The highest BCUT2D eigenvalue weighted by molar-refractivity contribution is 7.87. The van der Waals surface area contributed by atoms with Crippen LogP contribution < -0.4 is 0 Å². The molecule has 0 aromatic carbocycles. The van der Waals surface area contributed by atoms with Gasteiger partial charge in [-0.15, -0.1) is 0 Å². The molecule has 1 aliphatic heterocycles. The second-order valence-electron chi connectivity index (χ2n) is 8.35. The highest BCUT2D eigenvalue weighted by Crippen LogP contribution is 2.38. The summed E-state index contributed by atoms with van der Waals surface area (Å²) in [6.45, 7) is 9.96. The number of esters is 1. The average molecular weight is 492 g/mol. The van der Waals surface area contributed by atoms with Crippen LogP contribution in [0.3, 0.4) is 0 Å². The second-order valence-corrected chi connectivity index (χ2v) is 14.7. The van der Waals surface area contributed by atoms with Gasteiger partial charge in [-0.2, -0.15) is 21.6 Å². The lowest BCUT2D eigenvalue weighted by atomic mass is 9.99. The molecule has 1 rings (SSSR count). The number of hydrogen-bond donors (Lipinski definition) is 1. The van der Waals surface area contributed by atoms with Crippen LogP contribution in [0, 0.1) is 0 Å². The molecule has 9 nitrogen and oxygen atoms in total. The standard InChI is InChI=1S/C17H28F3NO8SSi/c1-7-27-14(22)13-11(10-28-31(5,6)16(2,3)4)21(15(23)24)9-8-12(13)29-30(25,26)17(18,19)20/h11H,7-10H2,1-6H3,(H,23,24). The Hall–Kier alpha value is -1.80. The maximum atomic E-state index is 12.8. The van der Waals surface area contributed by atoms with E-state index in [0.29, 0.717) is 0 Å². The van der Waals surface area contributed by atoms with Gasteiger partial charge in [0.15, 0.2) is 8.32 Å². The Bertz CT molecular complexity index is 833. The summed E-state index contributed by atoms with van der Waals surface area (Å²) in [7, 11) is -8.54. The Balaban J connectivity index is 3.52. The summed E-state index contributed by atoms with van der Waals surface area (Å²) in [6.07, 6.45) is -2.02. The van der Waals surface area contributed by atoms with Crippen molar-refractivity contribution >= 4 is 30.5 Å². The molecule has 14 heteroatoms. The van der Waals surface area contributed by atoms with Crippen LogP contribution in [0.1, 0.15) is 34.1 Å². The van der Waals surface area contributed by atoms with Crippen molar-refractivity contribution in [2.75, 3.05) is 19.8 Å². The zero-order chi connectivity index (χ0) is 24.4. The highest BCUT2D eigenvalue weighted by Gasteiger charge is 2.51. The van der Waals surface area contributed by atoms with Gasteiger partial charge in [0.25, 0.3) is 0 Å². The molecule has 0 saturated carbocycles. The summed E-state index contributed by atoms with van der Waals surface area (Å²) in [5.74, 6) is -1.98. The molecular weight excluding hydrogens is 463 g/mol. The lowest BCUT2D eigenvalue weighted by molar-refractivity contribution is -0.139. The van der Waals surface area contributed by atoms with Crippen molar-refractivity contribution in [2.45, 2.75) is 63.8 Å². The molecule has 0 bridgehead atoms. The van der Waals surface area contributed by atoms with E-state index >= 15 is 0 Å². The molecule has 0 aliphatic carbocycles. The number of rotatable bonds is 7. The van der Waals surface area contributed by atoms with E-state index < -0.39 is 66.3 Å². The fraction of sp³-hybridized carbons (Fsp3) is 0.765. The predicted octanol–water partition coefficient (Wildman–Crippen LogP) is 3.44. The first-order valence-electron chi connectivity index (χ1n) is 9.40. The Morgan fingerprint density at radius 1 is 1.23 bits per heavy atom. The summed E-state index contributed by atoms with van der Waals surface area (Å²) in [5.41, 5.74) is -6.35. The average Bonchev–Trinajstić information content (AvgIpc) is 2.57. The number of carbonyl (C=O) groups excluding carboxylic acids is 1. The Morgan fingerprint density at radius 3 is 2.19 bits per heavy atom. The van der Waals surface area contributed by atoms with Crippen molar-refractivity contribution in [3.05, 3.63) is 11.3 Å². The van der Waals surface area contributed by atoms with Crippen molar-refractivity contribution < 1.29 is 49.6 Å². The highest BCUT2D eigenvalue weighted by atomic mass is 32.2. The predicted molar refractivity (Wildman–Crippen MR) is 106 cm³/mol. The molecule has 1 atom stereocenters. The normalized spacial score (nSPS) is 18.7.